The van der Waals surface area contributed by atoms with Crippen LogP contribution in [-0.2, 0) is 0 Å². The normalized spacial score (nSPS) is 35.0. The summed E-state index contributed by atoms with van der Waals surface area (Å²) in [6.45, 7) is 4.91. The molecule has 0 aromatic heterocycles. The van der Waals surface area contributed by atoms with E-state index < -0.39 is 0 Å². The molecule has 1 aliphatic carbocycles. The Morgan fingerprint density at radius 2 is 1.80 bits per heavy atom. The summed E-state index contributed by atoms with van der Waals surface area (Å²) in [5.41, 5.74) is 0. The molecule has 1 nitrogen and oxygen atoms in total. The molecular formula is C14H27N. The zero-order chi connectivity index (χ0) is 10.5. The van der Waals surface area contributed by atoms with Crippen molar-refractivity contribution in [2.24, 2.45) is 17.8 Å². The molecule has 0 aromatic rings. The maximum absolute atomic E-state index is 3.62. The molecule has 1 saturated carbocycles. The van der Waals surface area contributed by atoms with E-state index in [1.165, 1.54) is 64.5 Å². The van der Waals surface area contributed by atoms with Gasteiger partial charge < -0.3 is 5.32 Å². The molecule has 0 spiro atoms. The second kappa shape index (κ2) is 5.89. The van der Waals surface area contributed by atoms with Crippen molar-refractivity contribution in [1.29, 1.82) is 0 Å². The van der Waals surface area contributed by atoms with Crippen LogP contribution in [0.25, 0.3) is 0 Å². The van der Waals surface area contributed by atoms with Gasteiger partial charge in [0.15, 0.2) is 0 Å². The summed E-state index contributed by atoms with van der Waals surface area (Å²) in [5.74, 6) is 3.08. The Bertz CT molecular complexity index is 172. The Kier molecular flexibility index (Phi) is 4.49. The highest BCUT2D eigenvalue weighted by atomic mass is 14.9. The molecule has 2 atom stereocenters. The third-order valence-corrected chi connectivity index (χ3v) is 4.65. The number of nitrogens with one attached hydrogen (secondary N) is 1. The van der Waals surface area contributed by atoms with Gasteiger partial charge in [0.05, 0.1) is 0 Å². The predicted octanol–water partition coefficient (Wildman–Crippen LogP) is 3.59. The van der Waals surface area contributed by atoms with Crippen molar-refractivity contribution in [3.05, 3.63) is 0 Å². The molecule has 0 radical (unpaired) electrons. The Morgan fingerprint density at radius 3 is 2.53 bits per heavy atom. The SMILES string of the molecule is CCC1CNCCC(C2CCCCC2)C1. The molecule has 1 N–H and O–H groups in total. The number of hydrogen-bond donors (Lipinski definition) is 1. The van der Waals surface area contributed by atoms with Crippen LogP contribution in [0.2, 0.25) is 0 Å². The van der Waals surface area contributed by atoms with Crippen LogP contribution in [0.15, 0.2) is 0 Å². The first-order chi connectivity index (χ1) is 7.40. The van der Waals surface area contributed by atoms with Crippen molar-refractivity contribution >= 4 is 0 Å². The molecule has 1 heteroatoms. The van der Waals surface area contributed by atoms with E-state index in [1.807, 2.05) is 0 Å². The molecule has 88 valence electrons. The highest BCUT2D eigenvalue weighted by molar-refractivity contribution is 4.80. The minimum atomic E-state index is 0.958. The van der Waals surface area contributed by atoms with Crippen molar-refractivity contribution in [1.82, 2.24) is 5.32 Å². The first-order valence-corrected chi connectivity index (χ1v) is 7.11. The summed E-state index contributed by atoms with van der Waals surface area (Å²) >= 11 is 0. The number of hydrogen-bond acceptors (Lipinski definition) is 1. The van der Waals surface area contributed by atoms with Gasteiger partial charge in [0.25, 0.3) is 0 Å². The van der Waals surface area contributed by atoms with E-state index in [-0.39, 0.29) is 0 Å². The average Bonchev–Trinajstić information content (AvgIpc) is 2.55. The van der Waals surface area contributed by atoms with E-state index in [4.69, 9.17) is 0 Å². The molecular weight excluding hydrogens is 182 g/mol. The van der Waals surface area contributed by atoms with Crippen LogP contribution >= 0.6 is 0 Å². The van der Waals surface area contributed by atoms with Crippen LogP contribution in [0.3, 0.4) is 0 Å². The fraction of sp³-hybridized carbons (Fsp3) is 1.00. The Balaban J connectivity index is 1.87. The van der Waals surface area contributed by atoms with Gasteiger partial charge in [-0.05, 0) is 43.7 Å². The summed E-state index contributed by atoms with van der Waals surface area (Å²) in [6.07, 6.45) is 11.9. The van der Waals surface area contributed by atoms with Gasteiger partial charge in [0, 0.05) is 0 Å². The third kappa shape index (κ3) is 3.21. The molecule has 0 amide bonds. The van der Waals surface area contributed by atoms with Gasteiger partial charge >= 0.3 is 0 Å². The average molecular weight is 209 g/mol. The number of rotatable bonds is 2. The van der Waals surface area contributed by atoms with Crippen molar-refractivity contribution in [3.8, 4) is 0 Å². The van der Waals surface area contributed by atoms with Crippen molar-refractivity contribution in [2.75, 3.05) is 13.1 Å². The van der Waals surface area contributed by atoms with Crippen LogP contribution in [-0.4, -0.2) is 13.1 Å². The lowest BCUT2D eigenvalue weighted by atomic mass is 9.75. The maximum atomic E-state index is 3.62. The quantitative estimate of drug-likeness (QED) is 0.733. The molecule has 0 bridgehead atoms. The van der Waals surface area contributed by atoms with Gasteiger partial charge in [-0.15, -0.1) is 0 Å². The fourth-order valence-corrected chi connectivity index (χ4v) is 3.57. The van der Waals surface area contributed by atoms with Gasteiger partial charge in [0.2, 0.25) is 0 Å². The second-order valence-corrected chi connectivity index (χ2v) is 5.66. The summed E-state index contributed by atoms with van der Waals surface area (Å²) < 4.78 is 0. The van der Waals surface area contributed by atoms with Crippen molar-refractivity contribution in [3.63, 3.8) is 0 Å². The monoisotopic (exact) mass is 209 g/mol. The Hall–Kier alpha value is -0.0400. The molecule has 2 unspecified atom stereocenters. The summed E-state index contributed by atoms with van der Waals surface area (Å²) in [5, 5.41) is 3.62. The van der Waals surface area contributed by atoms with Crippen LogP contribution in [0.1, 0.15) is 58.3 Å². The lowest BCUT2D eigenvalue weighted by molar-refractivity contribution is 0.212. The van der Waals surface area contributed by atoms with E-state index >= 15 is 0 Å². The molecule has 1 heterocycles. The van der Waals surface area contributed by atoms with Crippen LogP contribution < -0.4 is 5.32 Å². The minimum absolute atomic E-state index is 0.958. The van der Waals surface area contributed by atoms with E-state index in [0.29, 0.717) is 0 Å². The van der Waals surface area contributed by atoms with Crippen molar-refractivity contribution in [2.45, 2.75) is 58.3 Å². The molecule has 0 aromatic carbocycles. The zero-order valence-electron chi connectivity index (χ0n) is 10.3. The summed E-state index contributed by atoms with van der Waals surface area (Å²) in [6, 6.07) is 0. The smallest absolute Gasteiger partial charge is 0.00205 e. The van der Waals surface area contributed by atoms with Crippen LogP contribution in [0.5, 0.6) is 0 Å². The summed E-state index contributed by atoms with van der Waals surface area (Å²) in [4.78, 5) is 0. The molecule has 1 saturated heterocycles. The Morgan fingerprint density at radius 1 is 1.00 bits per heavy atom. The molecule has 2 aliphatic rings. The molecule has 2 rings (SSSR count). The maximum Gasteiger partial charge on any atom is -0.00205 e. The van der Waals surface area contributed by atoms with Gasteiger partial charge in [-0.2, -0.15) is 0 Å². The summed E-state index contributed by atoms with van der Waals surface area (Å²) in [7, 11) is 0. The van der Waals surface area contributed by atoms with E-state index in [0.717, 1.165) is 17.8 Å². The Labute approximate surface area is 95.0 Å². The second-order valence-electron chi connectivity index (χ2n) is 5.66. The molecule has 2 fully saturated rings. The van der Waals surface area contributed by atoms with Crippen LogP contribution in [0.4, 0.5) is 0 Å². The van der Waals surface area contributed by atoms with Gasteiger partial charge in [0.1, 0.15) is 0 Å². The third-order valence-electron chi connectivity index (χ3n) is 4.65. The fourth-order valence-electron chi connectivity index (χ4n) is 3.57. The predicted molar refractivity (Wildman–Crippen MR) is 65.9 cm³/mol. The molecule has 1 aliphatic heterocycles. The topological polar surface area (TPSA) is 12.0 Å². The van der Waals surface area contributed by atoms with E-state index in [2.05, 4.69) is 12.2 Å². The van der Waals surface area contributed by atoms with Gasteiger partial charge in [-0.1, -0.05) is 45.4 Å². The molecule has 15 heavy (non-hydrogen) atoms. The van der Waals surface area contributed by atoms with E-state index in [9.17, 15) is 0 Å². The van der Waals surface area contributed by atoms with E-state index in [1.54, 1.807) is 0 Å². The highest BCUT2D eigenvalue weighted by Gasteiger charge is 2.27. The van der Waals surface area contributed by atoms with Gasteiger partial charge in [-0.3, -0.25) is 0 Å². The van der Waals surface area contributed by atoms with Gasteiger partial charge in [-0.25, -0.2) is 0 Å². The lowest BCUT2D eigenvalue weighted by Gasteiger charge is -2.30. The highest BCUT2D eigenvalue weighted by Crippen LogP contribution is 2.36. The minimum Gasteiger partial charge on any atom is -0.316 e. The largest absolute Gasteiger partial charge is 0.316 e. The zero-order valence-corrected chi connectivity index (χ0v) is 10.3. The standard InChI is InChI=1S/C14H27N/c1-2-12-10-14(8-9-15-11-12)13-6-4-3-5-7-13/h12-15H,2-11H2,1H3. The first kappa shape index (κ1) is 11.4. The lowest BCUT2D eigenvalue weighted by Crippen LogP contribution is -2.20. The van der Waals surface area contributed by atoms with Crippen LogP contribution in [0, 0.1) is 17.8 Å². The first-order valence-electron chi connectivity index (χ1n) is 7.11. The van der Waals surface area contributed by atoms with Crippen molar-refractivity contribution < 1.29 is 0 Å².